The number of esters is 1. The largest absolute Gasteiger partial charge is 0.457 e. The smallest absolute Gasteiger partial charge is 0.314 e. The molecule has 0 spiro atoms. The van der Waals surface area contributed by atoms with E-state index < -0.39 is 5.92 Å². The van der Waals surface area contributed by atoms with Crippen molar-refractivity contribution in [2.24, 2.45) is 5.92 Å². The number of carbonyl (C=O) groups excluding carboxylic acids is 1. The Morgan fingerprint density at radius 2 is 1.70 bits per heavy atom. The molecule has 7 nitrogen and oxygen atoms in total. The summed E-state index contributed by atoms with van der Waals surface area (Å²) in [5.74, 6) is -0.550. The minimum absolute atomic E-state index is 0.0124. The van der Waals surface area contributed by atoms with E-state index in [1.165, 1.54) is 0 Å². The Morgan fingerprint density at radius 1 is 1.13 bits per heavy atom. The standard InChI is InChI=1S/C15H18ClN5O2/c1-8(2)12(9-3-5-10(16)6-4-9)13(22)23-7-11-19-14(17)21-15(18)20-11/h3-6,8,12H,7H2,1-2H3,(H4,17,18,19,20,21)/t12-/m0/s1. The molecular weight excluding hydrogens is 318 g/mol. The lowest BCUT2D eigenvalue weighted by Gasteiger charge is -2.19. The maximum absolute atomic E-state index is 12.4. The highest BCUT2D eigenvalue weighted by Gasteiger charge is 2.26. The molecule has 0 amide bonds. The topological polar surface area (TPSA) is 117 Å². The van der Waals surface area contributed by atoms with E-state index in [2.05, 4.69) is 15.0 Å². The zero-order valence-electron chi connectivity index (χ0n) is 12.9. The predicted octanol–water partition coefficient (Wildman–Crippen LogP) is 2.17. The molecule has 0 aliphatic rings. The maximum atomic E-state index is 12.4. The molecule has 0 saturated heterocycles. The second-order valence-corrected chi connectivity index (χ2v) is 5.79. The summed E-state index contributed by atoms with van der Waals surface area (Å²) in [7, 11) is 0. The molecule has 4 N–H and O–H groups in total. The van der Waals surface area contributed by atoms with Gasteiger partial charge in [0.15, 0.2) is 12.4 Å². The molecular formula is C15H18ClN5O2. The normalized spacial score (nSPS) is 12.2. The van der Waals surface area contributed by atoms with Gasteiger partial charge in [0, 0.05) is 5.02 Å². The minimum atomic E-state index is -0.413. The van der Waals surface area contributed by atoms with Gasteiger partial charge < -0.3 is 16.2 Å². The molecule has 1 heterocycles. The number of anilines is 2. The molecule has 0 bridgehead atoms. The molecule has 1 aromatic heterocycles. The Hall–Kier alpha value is -2.41. The zero-order valence-corrected chi connectivity index (χ0v) is 13.6. The Kier molecular flexibility index (Phi) is 5.33. The molecule has 1 aromatic carbocycles. The summed E-state index contributed by atoms with van der Waals surface area (Å²) in [6.45, 7) is 3.77. The third kappa shape index (κ3) is 4.53. The van der Waals surface area contributed by atoms with Gasteiger partial charge in [0.25, 0.3) is 0 Å². The summed E-state index contributed by atoms with van der Waals surface area (Å²) < 4.78 is 5.31. The zero-order chi connectivity index (χ0) is 17.0. The fraction of sp³-hybridized carbons (Fsp3) is 0.333. The van der Waals surface area contributed by atoms with Crippen molar-refractivity contribution < 1.29 is 9.53 Å². The monoisotopic (exact) mass is 335 g/mol. The molecule has 1 atom stereocenters. The molecule has 2 rings (SSSR count). The maximum Gasteiger partial charge on any atom is 0.314 e. The van der Waals surface area contributed by atoms with Gasteiger partial charge in [0.1, 0.15) is 0 Å². The van der Waals surface area contributed by atoms with Gasteiger partial charge in [-0.25, -0.2) is 0 Å². The summed E-state index contributed by atoms with van der Waals surface area (Å²) in [4.78, 5) is 23.8. The van der Waals surface area contributed by atoms with Crippen molar-refractivity contribution in [3.63, 3.8) is 0 Å². The molecule has 8 heteroatoms. The average molecular weight is 336 g/mol. The van der Waals surface area contributed by atoms with E-state index >= 15 is 0 Å². The van der Waals surface area contributed by atoms with Crippen molar-refractivity contribution >= 4 is 29.5 Å². The van der Waals surface area contributed by atoms with Crippen molar-refractivity contribution in [3.8, 4) is 0 Å². The highest BCUT2D eigenvalue weighted by Crippen LogP contribution is 2.27. The third-order valence-corrected chi connectivity index (χ3v) is 3.46. The van der Waals surface area contributed by atoms with Crippen LogP contribution in [0.15, 0.2) is 24.3 Å². The van der Waals surface area contributed by atoms with Gasteiger partial charge in [-0.3, -0.25) is 4.79 Å². The van der Waals surface area contributed by atoms with E-state index in [-0.39, 0.29) is 36.2 Å². The van der Waals surface area contributed by atoms with Crippen LogP contribution in [-0.2, 0) is 16.1 Å². The van der Waals surface area contributed by atoms with E-state index in [1.807, 2.05) is 26.0 Å². The number of nitrogens with two attached hydrogens (primary N) is 2. The van der Waals surface area contributed by atoms with Crippen LogP contribution >= 0.6 is 11.6 Å². The van der Waals surface area contributed by atoms with E-state index in [9.17, 15) is 4.79 Å². The Balaban J connectivity index is 2.11. The first-order chi connectivity index (χ1) is 10.9. The highest BCUT2D eigenvalue weighted by molar-refractivity contribution is 6.30. The second-order valence-electron chi connectivity index (χ2n) is 5.35. The van der Waals surface area contributed by atoms with Crippen molar-refractivity contribution in [1.29, 1.82) is 0 Å². The average Bonchev–Trinajstić information content (AvgIpc) is 2.46. The van der Waals surface area contributed by atoms with Gasteiger partial charge in [-0.2, -0.15) is 15.0 Å². The van der Waals surface area contributed by atoms with Gasteiger partial charge in [-0.15, -0.1) is 0 Å². The van der Waals surface area contributed by atoms with Crippen molar-refractivity contribution in [3.05, 3.63) is 40.7 Å². The summed E-state index contributed by atoms with van der Waals surface area (Å²) >= 11 is 5.88. The summed E-state index contributed by atoms with van der Waals surface area (Å²) in [5.41, 5.74) is 11.8. The number of ether oxygens (including phenoxy) is 1. The number of nitrogen functional groups attached to an aromatic ring is 2. The van der Waals surface area contributed by atoms with Crippen LogP contribution in [0, 0.1) is 5.92 Å². The van der Waals surface area contributed by atoms with E-state index in [0.717, 1.165) is 5.56 Å². The first-order valence-corrected chi connectivity index (χ1v) is 7.42. The lowest BCUT2D eigenvalue weighted by atomic mass is 9.88. The van der Waals surface area contributed by atoms with E-state index in [0.29, 0.717) is 5.02 Å². The molecule has 0 radical (unpaired) electrons. The summed E-state index contributed by atoms with van der Waals surface area (Å²) in [6, 6.07) is 7.11. The van der Waals surface area contributed by atoms with E-state index in [1.54, 1.807) is 12.1 Å². The number of aromatic nitrogens is 3. The fourth-order valence-electron chi connectivity index (χ4n) is 2.21. The lowest BCUT2D eigenvalue weighted by Crippen LogP contribution is -2.21. The van der Waals surface area contributed by atoms with Crippen molar-refractivity contribution in [2.75, 3.05) is 11.5 Å². The van der Waals surface area contributed by atoms with E-state index in [4.69, 9.17) is 27.8 Å². The first-order valence-electron chi connectivity index (χ1n) is 7.05. The van der Waals surface area contributed by atoms with Gasteiger partial charge in [0.2, 0.25) is 11.9 Å². The summed E-state index contributed by atoms with van der Waals surface area (Å²) in [5, 5.41) is 0.612. The van der Waals surface area contributed by atoms with Crippen LogP contribution in [0.3, 0.4) is 0 Å². The Morgan fingerprint density at radius 3 is 2.22 bits per heavy atom. The van der Waals surface area contributed by atoms with Gasteiger partial charge in [-0.1, -0.05) is 37.6 Å². The number of carbonyl (C=O) groups is 1. The number of hydrogen-bond acceptors (Lipinski definition) is 7. The second kappa shape index (κ2) is 7.23. The molecule has 2 aromatic rings. The molecule has 0 aliphatic heterocycles. The van der Waals surface area contributed by atoms with Crippen LogP contribution in [-0.4, -0.2) is 20.9 Å². The SMILES string of the molecule is CC(C)[C@H](C(=O)OCc1nc(N)nc(N)n1)c1ccc(Cl)cc1. The van der Waals surface area contributed by atoms with Crippen LogP contribution in [0.4, 0.5) is 11.9 Å². The molecule has 122 valence electrons. The van der Waals surface area contributed by atoms with Crippen LogP contribution in [0.2, 0.25) is 5.02 Å². The highest BCUT2D eigenvalue weighted by atomic mass is 35.5. The lowest BCUT2D eigenvalue weighted by molar-refractivity contribution is -0.148. The van der Waals surface area contributed by atoms with Gasteiger partial charge in [-0.05, 0) is 23.6 Å². The number of benzene rings is 1. The van der Waals surface area contributed by atoms with Crippen LogP contribution < -0.4 is 11.5 Å². The fourth-order valence-corrected chi connectivity index (χ4v) is 2.34. The molecule has 0 aliphatic carbocycles. The Bertz CT molecular complexity index is 671. The van der Waals surface area contributed by atoms with Crippen LogP contribution in [0.5, 0.6) is 0 Å². The van der Waals surface area contributed by atoms with Crippen molar-refractivity contribution in [1.82, 2.24) is 15.0 Å². The minimum Gasteiger partial charge on any atom is -0.457 e. The van der Waals surface area contributed by atoms with Crippen LogP contribution in [0.25, 0.3) is 0 Å². The van der Waals surface area contributed by atoms with Crippen molar-refractivity contribution in [2.45, 2.75) is 26.4 Å². The third-order valence-electron chi connectivity index (χ3n) is 3.21. The number of nitrogens with zero attached hydrogens (tertiary/aromatic N) is 3. The summed E-state index contributed by atoms with van der Waals surface area (Å²) in [6.07, 6.45) is 0. The van der Waals surface area contributed by atoms with Crippen LogP contribution in [0.1, 0.15) is 31.2 Å². The molecule has 0 fully saturated rings. The number of hydrogen-bond donors (Lipinski definition) is 2. The number of rotatable bonds is 5. The predicted molar refractivity (Wildman–Crippen MR) is 87.5 cm³/mol. The molecule has 23 heavy (non-hydrogen) atoms. The molecule has 0 unspecified atom stereocenters. The van der Waals surface area contributed by atoms with Gasteiger partial charge in [0.05, 0.1) is 5.92 Å². The van der Waals surface area contributed by atoms with Gasteiger partial charge >= 0.3 is 5.97 Å². The first kappa shape index (κ1) is 17.0. The quantitative estimate of drug-likeness (QED) is 0.804. The Labute approximate surface area is 139 Å². The number of halogens is 1. The molecule has 0 saturated carbocycles.